The summed E-state index contributed by atoms with van der Waals surface area (Å²) in [6, 6.07) is 17.5. The maximum Gasteiger partial charge on any atom is 0.326 e. The summed E-state index contributed by atoms with van der Waals surface area (Å²) in [7, 11) is 0. The van der Waals surface area contributed by atoms with Crippen molar-refractivity contribution < 1.29 is 24.2 Å². The molecule has 3 heterocycles. The van der Waals surface area contributed by atoms with E-state index in [2.05, 4.69) is 29.1 Å². The summed E-state index contributed by atoms with van der Waals surface area (Å²) in [6.45, 7) is 5.38. The number of nitrogens with one attached hydrogen (secondary N) is 1. The van der Waals surface area contributed by atoms with Crippen molar-refractivity contribution in [2.75, 3.05) is 13.2 Å². The predicted molar refractivity (Wildman–Crippen MR) is 193 cm³/mol. The third kappa shape index (κ3) is 9.75. The number of aryl methyl sites for hydroxylation is 1. The van der Waals surface area contributed by atoms with Crippen LogP contribution in [0.15, 0.2) is 73.1 Å². The van der Waals surface area contributed by atoms with Crippen LogP contribution >= 0.6 is 11.3 Å². The highest BCUT2D eigenvalue weighted by molar-refractivity contribution is 7.14. The smallest absolute Gasteiger partial charge is 0.326 e. The molecule has 2 N–H and O–H groups in total. The first-order chi connectivity index (χ1) is 23.9. The highest BCUT2D eigenvalue weighted by atomic mass is 32.1. The van der Waals surface area contributed by atoms with E-state index in [0.29, 0.717) is 30.1 Å². The van der Waals surface area contributed by atoms with Gasteiger partial charge in [0.05, 0.1) is 11.5 Å². The second kappa shape index (κ2) is 17.7. The van der Waals surface area contributed by atoms with Crippen molar-refractivity contribution in [3.05, 3.63) is 88.4 Å². The van der Waals surface area contributed by atoms with Gasteiger partial charge in [-0.1, -0.05) is 82.3 Å². The molecule has 0 bridgehead atoms. The molecule has 49 heavy (non-hydrogen) atoms. The first kappa shape index (κ1) is 35.7. The number of aliphatic carboxylic acids is 1. The summed E-state index contributed by atoms with van der Waals surface area (Å²) in [4.78, 5) is 51.1. The molecule has 9 nitrogen and oxygen atoms in total. The Morgan fingerprint density at radius 2 is 1.61 bits per heavy atom. The zero-order chi connectivity index (χ0) is 34.6. The third-order valence-electron chi connectivity index (χ3n) is 8.81. The zero-order valence-electron chi connectivity index (χ0n) is 28.4. The molecule has 0 spiro atoms. The fraction of sp³-hybridized carbons (Fsp3) is 0.410. The molecule has 1 aliphatic heterocycles. The Balaban J connectivity index is 1.23. The number of carbonyl (C=O) groups is 3. The standard InChI is InChI=1S/C39H46N4O5S/c1-3-5-6-7-8-23-48-31-18-16-28(17-19-31)30-25-40-36(41-26-30)29-14-12-27(13-15-29)24-33(38(45)43-22-9-11-34(43)39(46)47)42-37(44)35-21-20-32(49-35)10-4-2/h12-21,25-26,33-34H,3-11,22-24H2,1-2H3,(H,42,44)(H,46,47)/t33-,34-/m0/s1. The van der Waals surface area contributed by atoms with Crippen LogP contribution < -0.4 is 10.1 Å². The SMILES string of the molecule is CCCCCCCOc1ccc(-c2cnc(-c3ccc(C[C@H](NC(=O)c4ccc(CCC)s4)C(=O)N4CCC[C@H]4C(=O)O)cc3)nc2)cc1. The first-order valence-electron chi connectivity index (χ1n) is 17.4. The van der Waals surface area contributed by atoms with Crippen LogP contribution in [0.3, 0.4) is 0 Å². The number of hydrogen-bond donors (Lipinski definition) is 2. The van der Waals surface area contributed by atoms with Gasteiger partial charge in [-0.05, 0) is 61.1 Å². The summed E-state index contributed by atoms with van der Waals surface area (Å²) in [5, 5.41) is 12.6. The molecule has 10 heteroatoms. The van der Waals surface area contributed by atoms with E-state index in [1.807, 2.05) is 54.6 Å². The van der Waals surface area contributed by atoms with Gasteiger partial charge in [-0.2, -0.15) is 0 Å². The van der Waals surface area contributed by atoms with Crippen molar-refractivity contribution in [3.8, 4) is 28.3 Å². The van der Waals surface area contributed by atoms with Crippen molar-refractivity contribution >= 4 is 29.1 Å². The Morgan fingerprint density at radius 1 is 0.898 bits per heavy atom. The van der Waals surface area contributed by atoms with Gasteiger partial charge in [0.2, 0.25) is 5.91 Å². The molecule has 2 amide bonds. The number of aromatic nitrogens is 2. The van der Waals surface area contributed by atoms with Gasteiger partial charge < -0.3 is 20.1 Å². The Kier molecular flexibility index (Phi) is 12.9. The van der Waals surface area contributed by atoms with E-state index < -0.39 is 18.1 Å². The summed E-state index contributed by atoms with van der Waals surface area (Å²) in [5.41, 5.74) is 3.54. The maximum atomic E-state index is 13.7. The van der Waals surface area contributed by atoms with Gasteiger partial charge in [-0.3, -0.25) is 9.59 Å². The normalized spacial score (nSPS) is 14.8. The van der Waals surface area contributed by atoms with Gasteiger partial charge in [-0.25, -0.2) is 14.8 Å². The highest BCUT2D eigenvalue weighted by Gasteiger charge is 2.37. The largest absolute Gasteiger partial charge is 0.494 e. The number of thiophene rings is 1. The monoisotopic (exact) mass is 682 g/mol. The number of rotatable bonds is 17. The van der Waals surface area contributed by atoms with E-state index in [4.69, 9.17) is 4.74 Å². The number of carboxylic acid groups (broad SMARTS) is 1. The maximum absolute atomic E-state index is 13.7. The van der Waals surface area contributed by atoms with Crippen molar-refractivity contribution in [1.82, 2.24) is 20.2 Å². The van der Waals surface area contributed by atoms with Crippen molar-refractivity contribution in [1.29, 1.82) is 0 Å². The average molecular weight is 683 g/mol. The lowest BCUT2D eigenvalue weighted by Gasteiger charge is -2.27. The second-order valence-corrected chi connectivity index (χ2v) is 13.7. The van der Waals surface area contributed by atoms with E-state index in [9.17, 15) is 19.5 Å². The number of nitrogens with zero attached hydrogens (tertiary/aromatic N) is 3. The average Bonchev–Trinajstić information content (AvgIpc) is 3.81. The lowest BCUT2D eigenvalue weighted by Crippen LogP contribution is -2.52. The van der Waals surface area contributed by atoms with Crippen LogP contribution in [-0.2, 0) is 22.4 Å². The summed E-state index contributed by atoms with van der Waals surface area (Å²) < 4.78 is 5.89. The van der Waals surface area contributed by atoms with Crippen molar-refractivity contribution in [2.45, 2.75) is 90.1 Å². The highest BCUT2D eigenvalue weighted by Crippen LogP contribution is 2.25. The van der Waals surface area contributed by atoms with Crippen LogP contribution in [0.1, 0.15) is 85.3 Å². The van der Waals surface area contributed by atoms with Crippen LogP contribution in [0.25, 0.3) is 22.5 Å². The Morgan fingerprint density at radius 3 is 2.31 bits per heavy atom. The van der Waals surface area contributed by atoms with Crippen LogP contribution in [-0.4, -0.2) is 63.0 Å². The van der Waals surface area contributed by atoms with Crippen LogP contribution in [0.4, 0.5) is 0 Å². The summed E-state index contributed by atoms with van der Waals surface area (Å²) in [6.07, 6.45) is 12.7. The van der Waals surface area contributed by atoms with Crippen LogP contribution in [0.5, 0.6) is 5.75 Å². The lowest BCUT2D eigenvalue weighted by molar-refractivity contribution is -0.148. The predicted octanol–water partition coefficient (Wildman–Crippen LogP) is 7.59. The van der Waals surface area contributed by atoms with E-state index in [-0.39, 0.29) is 18.2 Å². The molecule has 0 saturated carbocycles. The van der Waals surface area contributed by atoms with E-state index in [1.54, 1.807) is 18.5 Å². The van der Waals surface area contributed by atoms with Crippen LogP contribution in [0, 0.1) is 0 Å². The molecular weight excluding hydrogens is 637 g/mol. The third-order valence-corrected chi connectivity index (χ3v) is 9.96. The number of unbranched alkanes of at least 4 members (excludes halogenated alkanes) is 4. The van der Waals surface area contributed by atoms with Gasteiger partial charge in [0.15, 0.2) is 5.82 Å². The Bertz CT molecular complexity index is 1670. The van der Waals surface area contributed by atoms with E-state index in [0.717, 1.165) is 58.7 Å². The van der Waals surface area contributed by atoms with Gasteiger partial charge in [0.25, 0.3) is 5.91 Å². The van der Waals surface area contributed by atoms with Crippen molar-refractivity contribution in [3.63, 3.8) is 0 Å². The molecule has 0 radical (unpaired) electrons. The number of hydrogen-bond acceptors (Lipinski definition) is 7. The molecule has 2 aromatic carbocycles. The quantitative estimate of drug-likeness (QED) is 0.110. The van der Waals surface area contributed by atoms with Crippen LogP contribution in [0.2, 0.25) is 0 Å². The van der Waals surface area contributed by atoms with Gasteiger partial charge in [0, 0.05) is 41.4 Å². The molecular formula is C39H46N4O5S. The molecule has 1 fully saturated rings. The summed E-state index contributed by atoms with van der Waals surface area (Å²) in [5.74, 6) is -0.310. The fourth-order valence-electron chi connectivity index (χ4n) is 6.09. The first-order valence-corrected chi connectivity index (χ1v) is 18.2. The fourth-order valence-corrected chi connectivity index (χ4v) is 7.10. The molecule has 258 valence electrons. The zero-order valence-corrected chi connectivity index (χ0v) is 29.2. The lowest BCUT2D eigenvalue weighted by atomic mass is 10.0. The minimum absolute atomic E-state index is 0.221. The molecule has 1 saturated heterocycles. The minimum Gasteiger partial charge on any atom is -0.494 e. The number of likely N-dealkylation sites (tertiary alicyclic amines) is 1. The Hall–Kier alpha value is -4.57. The minimum atomic E-state index is -1.02. The topological polar surface area (TPSA) is 122 Å². The molecule has 2 aromatic heterocycles. The molecule has 0 aliphatic carbocycles. The van der Waals surface area contributed by atoms with E-state index >= 15 is 0 Å². The molecule has 1 aliphatic rings. The van der Waals surface area contributed by atoms with Gasteiger partial charge >= 0.3 is 5.97 Å². The number of benzene rings is 2. The molecule has 2 atom stereocenters. The number of carbonyl (C=O) groups excluding carboxylic acids is 2. The second-order valence-electron chi connectivity index (χ2n) is 12.6. The number of ether oxygens (including phenoxy) is 1. The van der Waals surface area contributed by atoms with Gasteiger partial charge in [0.1, 0.15) is 17.8 Å². The van der Waals surface area contributed by atoms with Gasteiger partial charge in [-0.15, -0.1) is 11.3 Å². The van der Waals surface area contributed by atoms with Crippen molar-refractivity contribution in [2.24, 2.45) is 0 Å². The molecule has 0 unspecified atom stereocenters. The van der Waals surface area contributed by atoms with E-state index in [1.165, 1.54) is 41.9 Å². The summed E-state index contributed by atoms with van der Waals surface area (Å²) >= 11 is 1.42. The molecule has 5 rings (SSSR count). The number of carboxylic acids is 1. The Labute approximate surface area is 292 Å². The number of amides is 2. The molecule has 4 aromatic rings.